The van der Waals surface area contributed by atoms with Crippen molar-refractivity contribution in [2.45, 2.75) is 26.3 Å². The molecule has 2 rings (SSSR count). The second kappa shape index (κ2) is 5.47. The Kier molecular flexibility index (Phi) is 3.97. The summed E-state index contributed by atoms with van der Waals surface area (Å²) in [4.78, 5) is 0. The first-order chi connectivity index (χ1) is 8.20. The molecule has 0 unspecified atom stereocenters. The standard InChI is InChI=1S/C12H14ClN3S/c1-8-4-3-5-9(2)12(8)14-7-11-16-15-10(6-13)17-11/h3-5,14H,6-7H2,1-2H3. The highest BCUT2D eigenvalue weighted by atomic mass is 35.5. The van der Waals surface area contributed by atoms with Crippen molar-refractivity contribution in [2.75, 3.05) is 5.32 Å². The highest BCUT2D eigenvalue weighted by molar-refractivity contribution is 7.11. The van der Waals surface area contributed by atoms with Crippen molar-refractivity contribution >= 4 is 28.6 Å². The largest absolute Gasteiger partial charge is 0.378 e. The number of nitrogens with zero attached hydrogens (tertiary/aromatic N) is 2. The van der Waals surface area contributed by atoms with Crippen LogP contribution in [0.4, 0.5) is 5.69 Å². The Labute approximate surface area is 110 Å². The number of halogens is 1. The van der Waals surface area contributed by atoms with Gasteiger partial charge in [0.05, 0.1) is 12.4 Å². The molecule has 1 heterocycles. The first kappa shape index (κ1) is 12.3. The molecule has 5 heteroatoms. The molecule has 1 aromatic heterocycles. The second-order valence-corrected chi connectivity index (χ2v) is 5.26. The van der Waals surface area contributed by atoms with E-state index in [4.69, 9.17) is 11.6 Å². The van der Waals surface area contributed by atoms with E-state index in [2.05, 4.69) is 47.6 Å². The van der Waals surface area contributed by atoms with E-state index in [9.17, 15) is 0 Å². The smallest absolute Gasteiger partial charge is 0.136 e. The van der Waals surface area contributed by atoms with Gasteiger partial charge in [0.2, 0.25) is 0 Å². The summed E-state index contributed by atoms with van der Waals surface area (Å²) in [6.07, 6.45) is 0. The topological polar surface area (TPSA) is 37.8 Å². The summed E-state index contributed by atoms with van der Waals surface area (Å²) >= 11 is 7.24. The number of anilines is 1. The van der Waals surface area contributed by atoms with E-state index in [1.807, 2.05) is 0 Å². The summed E-state index contributed by atoms with van der Waals surface area (Å²) in [7, 11) is 0. The lowest BCUT2D eigenvalue weighted by Crippen LogP contribution is -2.02. The number of alkyl halides is 1. The third-order valence-corrected chi connectivity index (χ3v) is 3.86. The summed E-state index contributed by atoms with van der Waals surface area (Å²) in [5, 5.41) is 13.3. The number of aromatic nitrogens is 2. The van der Waals surface area contributed by atoms with Crippen LogP contribution in [0.25, 0.3) is 0 Å². The van der Waals surface area contributed by atoms with Gasteiger partial charge in [-0.2, -0.15) is 0 Å². The van der Waals surface area contributed by atoms with Crippen molar-refractivity contribution in [1.82, 2.24) is 10.2 Å². The lowest BCUT2D eigenvalue weighted by Gasteiger charge is -2.10. The van der Waals surface area contributed by atoms with Crippen LogP contribution in [0.1, 0.15) is 21.1 Å². The third kappa shape index (κ3) is 2.96. The Morgan fingerprint density at radius 3 is 2.41 bits per heavy atom. The van der Waals surface area contributed by atoms with Gasteiger partial charge in [-0.15, -0.1) is 21.8 Å². The first-order valence-electron chi connectivity index (χ1n) is 5.38. The molecule has 0 saturated carbocycles. The van der Waals surface area contributed by atoms with E-state index in [0.717, 1.165) is 10.0 Å². The second-order valence-electron chi connectivity index (χ2n) is 3.84. The van der Waals surface area contributed by atoms with Gasteiger partial charge in [-0.05, 0) is 25.0 Å². The number of hydrogen-bond donors (Lipinski definition) is 1. The Morgan fingerprint density at radius 2 is 1.82 bits per heavy atom. The van der Waals surface area contributed by atoms with Crippen LogP contribution in [-0.2, 0) is 12.4 Å². The molecule has 90 valence electrons. The fourth-order valence-corrected chi connectivity index (χ4v) is 2.52. The molecule has 0 spiro atoms. The number of benzene rings is 1. The summed E-state index contributed by atoms with van der Waals surface area (Å²) in [5.74, 6) is 0.432. The summed E-state index contributed by atoms with van der Waals surface area (Å²) in [6.45, 7) is 4.89. The molecule has 0 aliphatic rings. The normalized spacial score (nSPS) is 10.5. The molecule has 0 saturated heterocycles. The fraction of sp³-hybridized carbons (Fsp3) is 0.333. The van der Waals surface area contributed by atoms with Crippen LogP contribution in [0, 0.1) is 13.8 Å². The van der Waals surface area contributed by atoms with Gasteiger partial charge >= 0.3 is 0 Å². The van der Waals surface area contributed by atoms with Gasteiger partial charge in [0, 0.05) is 5.69 Å². The average molecular weight is 268 g/mol. The Hall–Kier alpha value is -1.13. The number of rotatable bonds is 4. The van der Waals surface area contributed by atoms with E-state index >= 15 is 0 Å². The van der Waals surface area contributed by atoms with Crippen molar-refractivity contribution in [3.05, 3.63) is 39.3 Å². The molecular formula is C12H14ClN3S. The lowest BCUT2D eigenvalue weighted by molar-refractivity contribution is 0.964. The SMILES string of the molecule is Cc1cccc(C)c1NCc1nnc(CCl)s1. The molecule has 1 N–H and O–H groups in total. The van der Waals surface area contributed by atoms with Gasteiger partial charge in [-0.1, -0.05) is 29.5 Å². The molecule has 0 fully saturated rings. The predicted octanol–water partition coefficient (Wildman–Crippen LogP) is 3.51. The van der Waals surface area contributed by atoms with E-state index in [1.165, 1.54) is 16.8 Å². The highest BCUT2D eigenvalue weighted by Gasteiger charge is 2.05. The molecule has 0 amide bonds. The Bertz CT molecular complexity index is 490. The Morgan fingerprint density at radius 1 is 1.18 bits per heavy atom. The third-order valence-electron chi connectivity index (χ3n) is 2.52. The first-order valence-corrected chi connectivity index (χ1v) is 6.73. The summed E-state index contributed by atoms with van der Waals surface area (Å²) < 4.78 is 0. The summed E-state index contributed by atoms with van der Waals surface area (Å²) in [6, 6.07) is 6.26. The molecule has 0 bridgehead atoms. The van der Waals surface area contributed by atoms with Crippen LogP contribution in [0.15, 0.2) is 18.2 Å². The quantitative estimate of drug-likeness (QED) is 0.862. The molecule has 0 aliphatic heterocycles. The van der Waals surface area contributed by atoms with E-state index in [-0.39, 0.29) is 0 Å². The average Bonchev–Trinajstić information content (AvgIpc) is 2.76. The number of hydrogen-bond acceptors (Lipinski definition) is 4. The molecule has 0 aliphatic carbocycles. The molecular weight excluding hydrogens is 254 g/mol. The number of nitrogens with one attached hydrogen (secondary N) is 1. The van der Waals surface area contributed by atoms with Crippen LogP contribution in [0.2, 0.25) is 0 Å². The van der Waals surface area contributed by atoms with Gasteiger partial charge in [0.1, 0.15) is 10.0 Å². The zero-order valence-electron chi connectivity index (χ0n) is 9.83. The molecule has 2 aromatic rings. The van der Waals surface area contributed by atoms with Crippen LogP contribution < -0.4 is 5.32 Å². The van der Waals surface area contributed by atoms with Gasteiger partial charge in [0.15, 0.2) is 0 Å². The van der Waals surface area contributed by atoms with Crippen molar-refractivity contribution in [3.8, 4) is 0 Å². The Balaban J connectivity index is 2.07. The number of para-hydroxylation sites is 1. The monoisotopic (exact) mass is 267 g/mol. The van der Waals surface area contributed by atoms with Gasteiger partial charge in [-0.25, -0.2) is 0 Å². The van der Waals surface area contributed by atoms with E-state index in [1.54, 1.807) is 11.3 Å². The zero-order chi connectivity index (χ0) is 12.3. The van der Waals surface area contributed by atoms with Gasteiger partial charge < -0.3 is 5.32 Å². The minimum absolute atomic E-state index is 0.432. The van der Waals surface area contributed by atoms with Crippen molar-refractivity contribution in [3.63, 3.8) is 0 Å². The molecule has 0 atom stereocenters. The molecule has 1 aromatic carbocycles. The fourth-order valence-electron chi connectivity index (χ4n) is 1.67. The number of aryl methyl sites for hydroxylation is 2. The lowest BCUT2D eigenvalue weighted by atomic mass is 10.1. The van der Waals surface area contributed by atoms with Gasteiger partial charge in [0.25, 0.3) is 0 Å². The maximum atomic E-state index is 5.70. The predicted molar refractivity (Wildman–Crippen MR) is 72.7 cm³/mol. The van der Waals surface area contributed by atoms with Crippen LogP contribution in [0.5, 0.6) is 0 Å². The minimum Gasteiger partial charge on any atom is -0.378 e. The van der Waals surface area contributed by atoms with Crippen molar-refractivity contribution in [2.24, 2.45) is 0 Å². The molecule has 0 radical (unpaired) electrons. The van der Waals surface area contributed by atoms with E-state index in [0.29, 0.717) is 12.4 Å². The highest BCUT2D eigenvalue weighted by Crippen LogP contribution is 2.21. The van der Waals surface area contributed by atoms with E-state index < -0.39 is 0 Å². The van der Waals surface area contributed by atoms with Gasteiger partial charge in [-0.3, -0.25) is 0 Å². The summed E-state index contributed by atoms with van der Waals surface area (Å²) in [5.41, 5.74) is 3.66. The van der Waals surface area contributed by atoms with Crippen LogP contribution >= 0.6 is 22.9 Å². The minimum atomic E-state index is 0.432. The van der Waals surface area contributed by atoms with Crippen LogP contribution in [-0.4, -0.2) is 10.2 Å². The zero-order valence-corrected chi connectivity index (χ0v) is 11.4. The van der Waals surface area contributed by atoms with Crippen LogP contribution in [0.3, 0.4) is 0 Å². The maximum Gasteiger partial charge on any atom is 0.136 e. The molecule has 3 nitrogen and oxygen atoms in total. The molecule has 17 heavy (non-hydrogen) atoms. The van der Waals surface area contributed by atoms with Crippen molar-refractivity contribution in [1.29, 1.82) is 0 Å². The van der Waals surface area contributed by atoms with Crippen molar-refractivity contribution < 1.29 is 0 Å². The maximum absolute atomic E-state index is 5.70.